The van der Waals surface area contributed by atoms with E-state index in [9.17, 15) is 9.59 Å². The third-order valence-corrected chi connectivity index (χ3v) is 6.14. The van der Waals surface area contributed by atoms with E-state index in [0.717, 1.165) is 23.1 Å². The molecule has 0 aromatic heterocycles. The molecule has 0 spiro atoms. The van der Waals surface area contributed by atoms with Gasteiger partial charge in [0, 0.05) is 24.0 Å². The highest BCUT2D eigenvalue weighted by molar-refractivity contribution is 6.30. The molecule has 0 fully saturated rings. The van der Waals surface area contributed by atoms with Crippen LogP contribution < -0.4 is 10.1 Å². The minimum atomic E-state index is -0.692. The minimum Gasteiger partial charge on any atom is -0.484 e. The van der Waals surface area contributed by atoms with Crippen LogP contribution >= 0.6 is 11.6 Å². The molecular weight excluding hydrogens is 460 g/mol. The van der Waals surface area contributed by atoms with Crippen molar-refractivity contribution in [3.8, 4) is 5.75 Å². The molecule has 0 heterocycles. The van der Waals surface area contributed by atoms with Gasteiger partial charge in [-0.05, 0) is 49.6 Å². The molecule has 0 aliphatic carbocycles. The smallest absolute Gasteiger partial charge is 0.261 e. The molecule has 2 atom stereocenters. The van der Waals surface area contributed by atoms with Crippen LogP contribution in [0.15, 0.2) is 78.9 Å². The molecule has 3 aromatic carbocycles. The van der Waals surface area contributed by atoms with Gasteiger partial charge in [0.25, 0.3) is 5.91 Å². The Morgan fingerprint density at radius 1 is 0.971 bits per heavy atom. The van der Waals surface area contributed by atoms with Crippen LogP contribution in [0.3, 0.4) is 0 Å². The molecule has 0 unspecified atom stereocenters. The Labute approximate surface area is 213 Å². The molecule has 0 radical (unpaired) electrons. The summed E-state index contributed by atoms with van der Waals surface area (Å²) < 4.78 is 5.76. The van der Waals surface area contributed by atoms with E-state index in [4.69, 9.17) is 16.3 Å². The first kappa shape index (κ1) is 26.3. The Kier molecular flexibility index (Phi) is 9.74. The van der Waals surface area contributed by atoms with E-state index in [0.29, 0.717) is 23.7 Å². The standard InChI is InChI=1S/C29H33ClN2O3/c1-4-22(3)31-29(34)27(17-23-9-6-5-7-10-23)32(19-24-15-13-21(2)14-16-24)28(33)20-35-26-12-8-11-25(30)18-26/h5-16,18,22,27H,4,17,19-20H2,1-3H3,(H,31,34)/t22-,27+/m0/s1. The van der Waals surface area contributed by atoms with E-state index in [1.54, 1.807) is 29.2 Å². The van der Waals surface area contributed by atoms with Crippen molar-refractivity contribution < 1.29 is 14.3 Å². The monoisotopic (exact) mass is 492 g/mol. The van der Waals surface area contributed by atoms with Crippen LogP contribution in [0, 0.1) is 6.92 Å². The maximum absolute atomic E-state index is 13.6. The lowest BCUT2D eigenvalue weighted by Gasteiger charge is -2.32. The van der Waals surface area contributed by atoms with Gasteiger partial charge in [-0.2, -0.15) is 0 Å². The van der Waals surface area contributed by atoms with Gasteiger partial charge in [0.15, 0.2) is 6.61 Å². The lowest BCUT2D eigenvalue weighted by Crippen LogP contribution is -2.53. The SMILES string of the molecule is CC[C@H](C)NC(=O)[C@@H](Cc1ccccc1)N(Cc1ccc(C)cc1)C(=O)COc1cccc(Cl)c1. The zero-order valence-corrected chi connectivity index (χ0v) is 21.3. The molecular formula is C29H33ClN2O3. The third kappa shape index (κ3) is 8.15. The highest BCUT2D eigenvalue weighted by Crippen LogP contribution is 2.19. The number of aryl methyl sites for hydroxylation is 1. The molecule has 0 saturated carbocycles. The molecule has 0 aliphatic heterocycles. The number of hydrogen-bond donors (Lipinski definition) is 1. The molecule has 35 heavy (non-hydrogen) atoms. The largest absolute Gasteiger partial charge is 0.484 e. The van der Waals surface area contributed by atoms with E-state index in [1.165, 1.54) is 0 Å². The second-order valence-electron chi connectivity index (χ2n) is 8.78. The molecule has 0 aliphatic rings. The molecule has 3 rings (SSSR count). The summed E-state index contributed by atoms with van der Waals surface area (Å²) in [7, 11) is 0. The van der Waals surface area contributed by atoms with Crippen molar-refractivity contribution in [1.82, 2.24) is 10.2 Å². The summed E-state index contributed by atoms with van der Waals surface area (Å²) in [5.74, 6) is 0.0574. The van der Waals surface area contributed by atoms with Crippen molar-refractivity contribution in [2.45, 2.75) is 52.2 Å². The summed E-state index contributed by atoms with van der Waals surface area (Å²) in [6.45, 7) is 6.10. The normalized spacial score (nSPS) is 12.5. The van der Waals surface area contributed by atoms with Crippen molar-refractivity contribution in [1.29, 1.82) is 0 Å². The predicted octanol–water partition coefficient (Wildman–Crippen LogP) is 5.58. The van der Waals surface area contributed by atoms with Crippen molar-refractivity contribution >= 4 is 23.4 Å². The summed E-state index contributed by atoms with van der Waals surface area (Å²) in [4.78, 5) is 28.6. The molecule has 0 bridgehead atoms. The quantitative estimate of drug-likeness (QED) is 0.380. The summed E-state index contributed by atoms with van der Waals surface area (Å²) in [5, 5.41) is 3.60. The van der Waals surface area contributed by atoms with E-state index in [1.807, 2.05) is 75.4 Å². The van der Waals surface area contributed by atoms with Crippen LogP contribution in [0.1, 0.15) is 37.0 Å². The van der Waals surface area contributed by atoms with Gasteiger partial charge >= 0.3 is 0 Å². The molecule has 3 aromatic rings. The lowest BCUT2D eigenvalue weighted by atomic mass is 10.0. The maximum Gasteiger partial charge on any atom is 0.261 e. The highest BCUT2D eigenvalue weighted by atomic mass is 35.5. The molecule has 5 nitrogen and oxygen atoms in total. The van der Waals surface area contributed by atoms with E-state index >= 15 is 0 Å². The Morgan fingerprint density at radius 2 is 1.69 bits per heavy atom. The fraction of sp³-hybridized carbons (Fsp3) is 0.310. The molecule has 1 N–H and O–H groups in total. The second-order valence-corrected chi connectivity index (χ2v) is 9.21. The Bertz CT molecular complexity index is 1100. The number of nitrogens with one attached hydrogen (secondary N) is 1. The van der Waals surface area contributed by atoms with E-state index in [-0.39, 0.29) is 24.5 Å². The van der Waals surface area contributed by atoms with Crippen LogP contribution in [0.25, 0.3) is 0 Å². The number of rotatable bonds is 11. The number of benzene rings is 3. The Hall–Kier alpha value is -3.31. The third-order valence-electron chi connectivity index (χ3n) is 5.90. The lowest BCUT2D eigenvalue weighted by molar-refractivity contribution is -0.143. The van der Waals surface area contributed by atoms with Gasteiger partial charge < -0.3 is 15.0 Å². The molecule has 2 amide bonds. The number of halogens is 1. The van der Waals surface area contributed by atoms with Crippen LogP contribution in [0.4, 0.5) is 0 Å². The van der Waals surface area contributed by atoms with E-state index < -0.39 is 6.04 Å². The predicted molar refractivity (Wildman–Crippen MR) is 141 cm³/mol. The number of amides is 2. The number of ether oxygens (including phenoxy) is 1. The van der Waals surface area contributed by atoms with Crippen LogP contribution in [0.5, 0.6) is 5.75 Å². The van der Waals surface area contributed by atoms with Crippen LogP contribution in [-0.4, -0.2) is 35.4 Å². The summed E-state index contributed by atoms with van der Waals surface area (Å²) in [6.07, 6.45) is 1.20. The molecule has 0 saturated heterocycles. The van der Waals surface area contributed by atoms with Gasteiger partial charge in [0.2, 0.25) is 5.91 Å². The second kappa shape index (κ2) is 13.0. The zero-order chi connectivity index (χ0) is 25.2. The number of carbonyl (C=O) groups is 2. The van der Waals surface area contributed by atoms with Crippen LogP contribution in [-0.2, 0) is 22.6 Å². The number of carbonyl (C=O) groups excluding carboxylic acids is 2. The Balaban J connectivity index is 1.90. The average molecular weight is 493 g/mol. The van der Waals surface area contributed by atoms with Gasteiger partial charge in [-0.3, -0.25) is 9.59 Å². The van der Waals surface area contributed by atoms with Crippen LogP contribution in [0.2, 0.25) is 5.02 Å². The summed E-state index contributed by atoms with van der Waals surface area (Å²) >= 11 is 6.06. The first-order valence-corrected chi connectivity index (χ1v) is 12.3. The molecule has 6 heteroatoms. The maximum atomic E-state index is 13.6. The van der Waals surface area contributed by atoms with Gasteiger partial charge in [-0.1, -0.05) is 84.8 Å². The number of hydrogen-bond acceptors (Lipinski definition) is 3. The molecule has 184 valence electrons. The average Bonchev–Trinajstić information content (AvgIpc) is 2.86. The fourth-order valence-electron chi connectivity index (χ4n) is 3.67. The number of nitrogens with zero attached hydrogens (tertiary/aromatic N) is 1. The van der Waals surface area contributed by atoms with Gasteiger partial charge in [0.05, 0.1) is 0 Å². The first-order chi connectivity index (χ1) is 16.9. The topological polar surface area (TPSA) is 58.6 Å². The highest BCUT2D eigenvalue weighted by Gasteiger charge is 2.31. The zero-order valence-electron chi connectivity index (χ0n) is 20.5. The van der Waals surface area contributed by atoms with Crippen molar-refractivity contribution in [2.75, 3.05) is 6.61 Å². The van der Waals surface area contributed by atoms with Gasteiger partial charge in [-0.15, -0.1) is 0 Å². The van der Waals surface area contributed by atoms with Crippen molar-refractivity contribution in [3.05, 3.63) is 101 Å². The fourth-order valence-corrected chi connectivity index (χ4v) is 3.85. The first-order valence-electron chi connectivity index (χ1n) is 11.9. The Morgan fingerprint density at radius 3 is 2.34 bits per heavy atom. The van der Waals surface area contributed by atoms with Gasteiger partial charge in [0.1, 0.15) is 11.8 Å². The van der Waals surface area contributed by atoms with Crippen molar-refractivity contribution in [2.24, 2.45) is 0 Å². The van der Waals surface area contributed by atoms with E-state index in [2.05, 4.69) is 5.32 Å². The summed E-state index contributed by atoms with van der Waals surface area (Å²) in [6, 6.07) is 24.0. The van der Waals surface area contributed by atoms with Gasteiger partial charge in [-0.25, -0.2) is 0 Å². The minimum absolute atomic E-state index is 0.000175. The summed E-state index contributed by atoms with van der Waals surface area (Å²) in [5.41, 5.74) is 3.06. The van der Waals surface area contributed by atoms with Crippen molar-refractivity contribution in [3.63, 3.8) is 0 Å².